The Morgan fingerprint density at radius 1 is 1.00 bits per heavy atom. The van der Waals surface area contributed by atoms with Crippen molar-refractivity contribution in [3.05, 3.63) is 0 Å². The highest BCUT2D eigenvalue weighted by molar-refractivity contribution is 4.86. The van der Waals surface area contributed by atoms with E-state index in [4.69, 9.17) is 0 Å². The Morgan fingerprint density at radius 2 is 1.79 bits per heavy atom. The van der Waals surface area contributed by atoms with Gasteiger partial charge in [0.2, 0.25) is 0 Å². The van der Waals surface area contributed by atoms with Gasteiger partial charge in [0.25, 0.3) is 0 Å². The molecular weight excluding hydrogens is 230 g/mol. The Morgan fingerprint density at radius 3 is 2.42 bits per heavy atom. The average molecular weight is 265 g/mol. The summed E-state index contributed by atoms with van der Waals surface area (Å²) in [5.41, 5.74) is 0. The van der Waals surface area contributed by atoms with Gasteiger partial charge in [0, 0.05) is 6.04 Å². The molecule has 2 aliphatic rings. The zero-order valence-electron chi connectivity index (χ0n) is 13.5. The monoisotopic (exact) mass is 265 g/mol. The first kappa shape index (κ1) is 15.4. The molecule has 0 bridgehead atoms. The fourth-order valence-corrected chi connectivity index (χ4v) is 3.85. The normalized spacial score (nSPS) is 31.9. The van der Waals surface area contributed by atoms with Gasteiger partial charge in [-0.2, -0.15) is 0 Å². The number of hydrogen-bond donors (Lipinski definition) is 1. The maximum absolute atomic E-state index is 3.79. The molecule has 0 spiro atoms. The van der Waals surface area contributed by atoms with E-state index in [1.54, 1.807) is 0 Å². The van der Waals surface area contributed by atoms with Crippen LogP contribution in [0, 0.1) is 23.7 Å². The van der Waals surface area contributed by atoms with Gasteiger partial charge in [0.1, 0.15) is 0 Å². The Labute approximate surface area is 120 Å². The van der Waals surface area contributed by atoms with Crippen LogP contribution in [0.3, 0.4) is 0 Å². The first-order valence-electron chi connectivity index (χ1n) is 8.94. The summed E-state index contributed by atoms with van der Waals surface area (Å²) in [5, 5.41) is 3.79. The van der Waals surface area contributed by atoms with Gasteiger partial charge in [-0.25, -0.2) is 0 Å². The maximum Gasteiger partial charge on any atom is 0.00683 e. The van der Waals surface area contributed by atoms with E-state index in [2.05, 4.69) is 26.1 Å². The molecule has 3 unspecified atom stereocenters. The highest BCUT2D eigenvalue weighted by atomic mass is 14.9. The van der Waals surface area contributed by atoms with Crippen LogP contribution in [0.15, 0.2) is 0 Å². The van der Waals surface area contributed by atoms with Crippen molar-refractivity contribution in [3.8, 4) is 0 Å². The minimum absolute atomic E-state index is 0.888. The number of rotatable bonds is 8. The van der Waals surface area contributed by atoms with Crippen LogP contribution < -0.4 is 5.32 Å². The summed E-state index contributed by atoms with van der Waals surface area (Å²) >= 11 is 0. The third-order valence-electron chi connectivity index (χ3n) is 5.55. The van der Waals surface area contributed by atoms with Gasteiger partial charge < -0.3 is 5.32 Å². The molecule has 3 atom stereocenters. The van der Waals surface area contributed by atoms with E-state index in [0.717, 1.165) is 29.7 Å². The molecule has 0 amide bonds. The average Bonchev–Trinajstić information content (AvgIpc) is 3.21. The van der Waals surface area contributed by atoms with Gasteiger partial charge in [0.15, 0.2) is 0 Å². The minimum Gasteiger partial charge on any atom is -0.314 e. The third-order valence-corrected chi connectivity index (χ3v) is 5.55. The minimum atomic E-state index is 0.888. The van der Waals surface area contributed by atoms with Crippen molar-refractivity contribution in [2.45, 2.75) is 84.6 Å². The van der Waals surface area contributed by atoms with E-state index in [0.29, 0.717) is 0 Å². The molecule has 2 fully saturated rings. The second kappa shape index (κ2) is 7.67. The van der Waals surface area contributed by atoms with Gasteiger partial charge in [-0.15, -0.1) is 0 Å². The predicted octanol–water partition coefficient (Wildman–Crippen LogP) is 5.01. The van der Waals surface area contributed by atoms with E-state index in [1.807, 2.05) is 0 Å². The van der Waals surface area contributed by atoms with E-state index in [-0.39, 0.29) is 0 Å². The maximum atomic E-state index is 3.79. The molecule has 2 aliphatic carbocycles. The molecule has 2 rings (SSSR count). The van der Waals surface area contributed by atoms with E-state index >= 15 is 0 Å². The molecule has 112 valence electrons. The molecule has 2 saturated carbocycles. The topological polar surface area (TPSA) is 12.0 Å². The second-order valence-corrected chi connectivity index (χ2v) is 7.52. The number of unbranched alkanes of at least 4 members (excludes halogenated alkanes) is 2. The third kappa shape index (κ3) is 5.10. The van der Waals surface area contributed by atoms with Crippen LogP contribution >= 0.6 is 0 Å². The van der Waals surface area contributed by atoms with Crippen molar-refractivity contribution in [1.29, 1.82) is 0 Å². The van der Waals surface area contributed by atoms with Crippen LogP contribution in [-0.4, -0.2) is 12.6 Å². The Hall–Kier alpha value is -0.0400. The Bertz CT molecular complexity index is 244. The molecule has 1 heteroatoms. The molecule has 0 aromatic heterocycles. The van der Waals surface area contributed by atoms with Gasteiger partial charge in [-0.3, -0.25) is 0 Å². The summed E-state index contributed by atoms with van der Waals surface area (Å²) in [5.74, 6) is 3.89. The van der Waals surface area contributed by atoms with Crippen LogP contribution in [0.1, 0.15) is 78.6 Å². The first-order chi connectivity index (χ1) is 9.20. The molecule has 19 heavy (non-hydrogen) atoms. The van der Waals surface area contributed by atoms with E-state index in [9.17, 15) is 0 Å². The smallest absolute Gasteiger partial charge is 0.00683 e. The van der Waals surface area contributed by atoms with Crippen molar-refractivity contribution in [3.63, 3.8) is 0 Å². The number of hydrogen-bond acceptors (Lipinski definition) is 1. The van der Waals surface area contributed by atoms with Crippen molar-refractivity contribution in [1.82, 2.24) is 5.32 Å². The molecule has 0 heterocycles. The van der Waals surface area contributed by atoms with Crippen molar-refractivity contribution in [2.24, 2.45) is 23.7 Å². The van der Waals surface area contributed by atoms with Gasteiger partial charge in [-0.1, -0.05) is 46.5 Å². The molecule has 0 aliphatic heterocycles. The van der Waals surface area contributed by atoms with Crippen LogP contribution in [0.4, 0.5) is 0 Å². The molecule has 1 N–H and O–H groups in total. The van der Waals surface area contributed by atoms with E-state index < -0.39 is 0 Å². The lowest BCUT2D eigenvalue weighted by molar-refractivity contribution is 0.135. The van der Waals surface area contributed by atoms with Gasteiger partial charge in [-0.05, 0) is 62.3 Å². The quantitative estimate of drug-likeness (QED) is 0.608. The number of nitrogens with one attached hydrogen (secondary N) is 1. The highest BCUT2D eigenvalue weighted by Gasteiger charge is 2.32. The lowest BCUT2D eigenvalue weighted by Gasteiger charge is -2.38. The largest absolute Gasteiger partial charge is 0.314 e. The fourth-order valence-electron chi connectivity index (χ4n) is 3.85. The zero-order valence-corrected chi connectivity index (χ0v) is 13.5. The lowest BCUT2D eigenvalue weighted by Crippen LogP contribution is -2.35. The van der Waals surface area contributed by atoms with Gasteiger partial charge >= 0.3 is 0 Å². The fraction of sp³-hybridized carbons (Fsp3) is 1.00. The summed E-state index contributed by atoms with van der Waals surface area (Å²) in [6.07, 6.45) is 13.1. The standard InChI is InChI=1S/C18H35N/c1-4-5-6-7-16-12-15(14(2)3)8-9-17(16)13-19-18-10-11-18/h14-19H,4-13H2,1-3H3. The first-order valence-corrected chi connectivity index (χ1v) is 8.94. The Kier molecular flexibility index (Phi) is 6.19. The molecule has 0 radical (unpaired) electrons. The SMILES string of the molecule is CCCCCC1CC(C(C)C)CCC1CNC1CC1. The summed E-state index contributed by atoms with van der Waals surface area (Å²) in [7, 11) is 0. The van der Waals surface area contributed by atoms with Gasteiger partial charge in [0.05, 0.1) is 0 Å². The summed E-state index contributed by atoms with van der Waals surface area (Å²) < 4.78 is 0. The molecular formula is C18H35N. The van der Waals surface area contributed by atoms with Crippen molar-refractivity contribution in [2.75, 3.05) is 6.54 Å². The van der Waals surface area contributed by atoms with Crippen LogP contribution in [0.2, 0.25) is 0 Å². The Balaban J connectivity index is 1.79. The molecule has 0 aromatic carbocycles. The van der Waals surface area contributed by atoms with Crippen molar-refractivity contribution >= 4 is 0 Å². The summed E-state index contributed by atoms with van der Waals surface area (Å²) in [6, 6.07) is 0.888. The van der Waals surface area contributed by atoms with Crippen LogP contribution in [0.25, 0.3) is 0 Å². The van der Waals surface area contributed by atoms with Crippen molar-refractivity contribution < 1.29 is 0 Å². The zero-order chi connectivity index (χ0) is 13.7. The molecule has 0 aromatic rings. The van der Waals surface area contributed by atoms with Crippen LogP contribution in [-0.2, 0) is 0 Å². The molecule has 0 saturated heterocycles. The second-order valence-electron chi connectivity index (χ2n) is 7.52. The summed E-state index contributed by atoms with van der Waals surface area (Å²) in [6.45, 7) is 8.49. The lowest BCUT2D eigenvalue weighted by atomic mass is 9.69. The van der Waals surface area contributed by atoms with E-state index in [1.165, 1.54) is 64.3 Å². The predicted molar refractivity (Wildman–Crippen MR) is 84.3 cm³/mol. The van der Waals surface area contributed by atoms with Crippen LogP contribution in [0.5, 0.6) is 0 Å². The highest BCUT2D eigenvalue weighted by Crippen LogP contribution is 2.40. The summed E-state index contributed by atoms with van der Waals surface area (Å²) in [4.78, 5) is 0. The molecule has 1 nitrogen and oxygen atoms in total.